The zero-order valence-corrected chi connectivity index (χ0v) is 17.6. The van der Waals surface area contributed by atoms with Crippen LogP contribution < -0.4 is 10.9 Å². The second kappa shape index (κ2) is 8.55. The van der Waals surface area contributed by atoms with Crippen LogP contribution in [0.15, 0.2) is 87.6 Å². The first-order valence-corrected chi connectivity index (χ1v) is 10.4. The Hall–Kier alpha value is -3.38. The molecule has 30 heavy (non-hydrogen) atoms. The van der Waals surface area contributed by atoms with Crippen molar-refractivity contribution in [2.45, 2.75) is 30.2 Å². The van der Waals surface area contributed by atoms with Gasteiger partial charge in [-0.15, -0.1) is 0 Å². The van der Waals surface area contributed by atoms with Crippen LogP contribution >= 0.6 is 11.8 Å². The van der Waals surface area contributed by atoms with Crippen molar-refractivity contribution in [2.24, 2.45) is 0 Å². The molecular weight excluding hydrogens is 394 g/mol. The van der Waals surface area contributed by atoms with Crippen LogP contribution in [0.2, 0.25) is 0 Å². The van der Waals surface area contributed by atoms with E-state index in [9.17, 15) is 9.59 Å². The highest BCUT2D eigenvalue weighted by Crippen LogP contribution is 2.29. The molecule has 0 atom stereocenters. The van der Waals surface area contributed by atoms with Gasteiger partial charge in [0.2, 0.25) is 5.91 Å². The van der Waals surface area contributed by atoms with E-state index in [0.717, 1.165) is 4.90 Å². The number of amides is 1. The second-order valence-electron chi connectivity index (χ2n) is 7.12. The van der Waals surface area contributed by atoms with E-state index in [2.05, 4.69) is 42.3 Å². The van der Waals surface area contributed by atoms with E-state index in [-0.39, 0.29) is 18.0 Å². The maximum atomic E-state index is 12.5. The zero-order chi connectivity index (χ0) is 21.1. The molecule has 0 aliphatic rings. The topological polar surface area (TPSA) is 64.0 Å². The molecule has 0 fully saturated rings. The fourth-order valence-electron chi connectivity index (χ4n) is 3.09. The Morgan fingerprint density at radius 3 is 2.47 bits per heavy atom. The molecule has 1 amide bonds. The van der Waals surface area contributed by atoms with Gasteiger partial charge in [-0.3, -0.25) is 14.2 Å². The number of carbonyl (C=O) groups is 1. The minimum atomic E-state index is -0.274. The van der Waals surface area contributed by atoms with Crippen molar-refractivity contribution in [3.05, 3.63) is 94.5 Å². The predicted molar refractivity (Wildman–Crippen MR) is 121 cm³/mol. The van der Waals surface area contributed by atoms with Gasteiger partial charge in [0.25, 0.3) is 5.56 Å². The highest BCUT2D eigenvalue weighted by molar-refractivity contribution is 7.99. The molecule has 1 N–H and O–H groups in total. The summed E-state index contributed by atoms with van der Waals surface area (Å²) >= 11 is 1.68. The highest BCUT2D eigenvalue weighted by Gasteiger charge is 2.08. The standard InChI is InChI=1S/C24H21N3O2S/c1-16-7-10-20(13-17(16)2)30-19-11-8-18(9-12-19)26-23(28)14-27-15-25-22-6-4-3-5-21(22)24(27)29/h3-13,15H,14H2,1-2H3,(H,26,28). The first kappa shape index (κ1) is 19.9. The Morgan fingerprint density at radius 1 is 0.967 bits per heavy atom. The average Bonchev–Trinajstić information content (AvgIpc) is 2.74. The maximum Gasteiger partial charge on any atom is 0.261 e. The summed E-state index contributed by atoms with van der Waals surface area (Å²) in [6, 6.07) is 21.2. The predicted octanol–water partition coefficient (Wildman–Crippen LogP) is 4.80. The van der Waals surface area contributed by atoms with Gasteiger partial charge in [0.05, 0.1) is 17.2 Å². The Labute approximate surface area is 178 Å². The van der Waals surface area contributed by atoms with E-state index in [1.807, 2.05) is 30.3 Å². The molecule has 4 aromatic rings. The number of para-hydroxylation sites is 1. The molecule has 150 valence electrons. The van der Waals surface area contributed by atoms with Gasteiger partial charge < -0.3 is 5.32 Å². The van der Waals surface area contributed by atoms with Gasteiger partial charge in [0, 0.05) is 15.5 Å². The third-order valence-corrected chi connectivity index (χ3v) is 5.90. The monoisotopic (exact) mass is 415 g/mol. The molecule has 1 heterocycles. The van der Waals surface area contributed by atoms with Crippen LogP contribution in [0.25, 0.3) is 10.9 Å². The van der Waals surface area contributed by atoms with Gasteiger partial charge in [-0.1, -0.05) is 30.0 Å². The van der Waals surface area contributed by atoms with Crippen molar-refractivity contribution in [1.82, 2.24) is 9.55 Å². The third kappa shape index (κ3) is 4.44. The number of aryl methyl sites for hydroxylation is 2. The van der Waals surface area contributed by atoms with Crippen LogP contribution in [-0.4, -0.2) is 15.5 Å². The lowest BCUT2D eigenvalue weighted by Crippen LogP contribution is -2.27. The number of nitrogens with zero attached hydrogens (tertiary/aromatic N) is 2. The van der Waals surface area contributed by atoms with E-state index < -0.39 is 0 Å². The van der Waals surface area contributed by atoms with E-state index in [0.29, 0.717) is 16.6 Å². The fraction of sp³-hybridized carbons (Fsp3) is 0.125. The number of nitrogens with one attached hydrogen (secondary N) is 1. The number of carbonyl (C=O) groups excluding carboxylic acids is 1. The van der Waals surface area contributed by atoms with Gasteiger partial charge in [-0.2, -0.15) is 0 Å². The molecule has 4 rings (SSSR count). The minimum Gasteiger partial charge on any atom is -0.325 e. The number of hydrogen-bond acceptors (Lipinski definition) is 4. The van der Waals surface area contributed by atoms with E-state index in [1.54, 1.807) is 30.0 Å². The SMILES string of the molecule is Cc1ccc(Sc2ccc(NC(=O)Cn3cnc4ccccc4c3=O)cc2)cc1C. The van der Waals surface area contributed by atoms with Gasteiger partial charge in [-0.25, -0.2) is 4.98 Å². The van der Waals surface area contributed by atoms with Crippen molar-refractivity contribution < 1.29 is 4.79 Å². The Kier molecular flexibility index (Phi) is 5.68. The summed E-state index contributed by atoms with van der Waals surface area (Å²) in [5.41, 5.74) is 3.62. The Morgan fingerprint density at radius 2 is 1.70 bits per heavy atom. The molecule has 3 aromatic carbocycles. The summed E-state index contributed by atoms with van der Waals surface area (Å²) < 4.78 is 1.32. The van der Waals surface area contributed by atoms with Crippen LogP contribution in [0.1, 0.15) is 11.1 Å². The van der Waals surface area contributed by atoms with Gasteiger partial charge in [0.1, 0.15) is 6.54 Å². The zero-order valence-electron chi connectivity index (χ0n) is 16.8. The summed E-state index contributed by atoms with van der Waals surface area (Å²) in [4.78, 5) is 31.4. The first-order chi connectivity index (χ1) is 14.5. The van der Waals surface area contributed by atoms with Crippen molar-refractivity contribution >= 4 is 34.3 Å². The molecule has 0 saturated heterocycles. The van der Waals surface area contributed by atoms with Crippen LogP contribution in [0.5, 0.6) is 0 Å². The molecule has 1 aromatic heterocycles. The highest BCUT2D eigenvalue weighted by atomic mass is 32.2. The summed E-state index contributed by atoms with van der Waals surface area (Å²) in [5, 5.41) is 3.34. The van der Waals surface area contributed by atoms with Crippen molar-refractivity contribution in [3.63, 3.8) is 0 Å². The summed E-state index contributed by atoms with van der Waals surface area (Å²) in [6.07, 6.45) is 1.41. The fourth-order valence-corrected chi connectivity index (χ4v) is 4.01. The number of anilines is 1. The number of fused-ring (bicyclic) bond motifs is 1. The summed E-state index contributed by atoms with van der Waals surface area (Å²) in [5.74, 6) is -0.274. The van der Waals surface area contributed by atoms with Crippen LogP contribution in [0.3, 0.4) is 0 Å². The minimum absolute atomic E-state index is 0.0875. The molecule has 0 aliphatic heterocycles. The largest absolute Gasteiger partial charge is 0.325 e. The molecule has 0 radical (unpaired) electrons. The second-order valence-corrected chi connectivity index (χ2v) is 8.26. The normalized spacial score (nSPS) is 10.9. The number of hydrogen-bond donors (Lipinski definition) is 1. The van der Waals surface area contributed by atoms with Crippen LogP contribution in [0.4, 0.5) is 5.69 Å². The molecule has 0 unspecified atom stereocenters. The molecule has 5 nitrogen and oxygen atoms in total. The first-order valence-electron chi connectivity index (χ1n) is 9.59. The molecule has 6 heteroatoms. The van der Waals surface area contributed by atoms with Crippen molar-refractivity contribution in [1.29, 1.82) is 0 Å². The van der Waals surface area contributed by atoms with Crippen LogP contribution in [0, 0.1) is 13.8 Å². The number of rotatable bonds is 5. The van der Waals surface area contributed by atoms with E-state index in [4.69, 9.17) is 0 Å². The maximum absolute atomic E-state index is 12.5. The number of benzene rings is 3. The Balaban J connectivity index is 1.42. The van der Waals surface area contributed by atoms with Gasteiger partial charge >= 0.3 is 0 Å². The van der Waals surface area contributed by atoms with Crippen LogP contribution in [-0.2, 0) is 11.3 Å². The van der Waals surface area contributed by atoms with E-state index in [1.165, 1.54) is 26.9 Å². The molecule has 0 bridgehead atoms. The lowest BCUT2D eigenvalue weighted by Gasteiger charge is -2.09. The lowest BCUT2D eigenvalue weighted by molar-refractivity contribution is -0.116. The molecule has 0 aliphatic carbocycles. The Bertz CT molecular complexity index is 1280. The quantitative estimate of drug-likeness (QED) is 0.508. The smallest absolute Gasteiger partial charge is 0.261 e. The average molecular weight is 416 g/mol. The summed E-state index contributed by atoms with van der Waals surface area (Å²) in [7, 11) is 0. The van der Waals surface area contributed by atoms with Gasteiger partial charge in [-0.05, 0) is 73.5 Å². The molecule has 0 spiro atoms. The lowest BCUT2D eigenvalue weighted by atomic mass is 10.1. The van der Waals surface area contributed by atoms with Crippen molar-refractivity contribution in [3.8, 4) is 0 Å². The molecular formula is C24H21N3O2S. The summed E-state index contributed by atoms with van der Waals surface area (Å²) in [6.45, 7) is 4.12. The number of aromatic nitrogens is 2. The third-order valence-electron chi connectivity index (χ3n) is 4.90. The van der Waals surface area contributed by atoms with Gasteiger partial charge in [0.15, 0.2) is 0 Å². The molecule has 0 saturated carbocycles. The van der Waals surface area contributed by atoms with E-state index >= 15 is 0 Å². The van der Waals surface area contributed by atoms with Crippen molar-refractivity contribution in [2.75, 3.05) is 5.32 Å².